The van der Waals surface area contributed by atoms with E-state index in [0.717, 1.165) is 37.1 Å². The Labute approximate surface area is 110 Å². The van der Waals surface area contributed by atoms with Crippen molar-refractivity contribution in [2.24, 2.45) is 5.41 Å². The molecule has 4 nitrogen and oxygen atoms in total. The normalized spacial score (nSPS) is 18.8. The second kappa shape index (κ2) is 5.12. The number of rotatable bonds is 3. The highest BCUT2D eigenvalue weighted by atomic mass is 15.2. The second-order valence-corrected chi connectivity index (χ2v) is 5.87. The fourth-order valence-corrected chi connectivity index (χ4v) is 2.29. The van der Waals surface area contributed by atoms with Gasteiger partial charge in [-0.1, -0.05) is 13.8 Å². The largest absolute Gasteiger partial charge is 0.356 e. The quantitative estimate of drug-likeness (QED) is 0.893. The number of aromatic nitrogens is 2. The Hall–Kier alpha value is -1.32. The smallest absolute Gasteiger partial charge is 0.224 e. The zero-order valence-electron chi connectivity index (χ0n) is 12.0. The molecular formula is C14H24N4. The van der Waals surface area contributed by atoms with Crippen molar-refractivity contribution in [2.75, 3.05) is 29.9 Å². The highest BCUT2D eigenvalue weighted by Crippen LogP contribution is 2.31. The summed E-state index contributed by atoms with van der Waals surface area (Å²) in [5.41, 5.74) is 1.50. The van der Waals surface area contributed by atoms with Crippen LogP contribution in [0.1, 0.15) is 39.3 Å². The lowest BCUT2D eigenvalue weighted by molar-refractivity contribution is 0.279. The molecule has 1 aromatic heterocycles. The van der Waals surface area contributed by atoms with Gasteiger partial charge in [-0.3, -0.25) is 0 Å². The zero-order chi connectivity index (χ0) is 13.2. The van der Waals surface area contributed by atoms with Gasteiger partial charge in [0.15, 0.2) is 0 Å². The van der Waals surface area contributed by atoms with Crippen LogP contribution in [0.3, 0.4) is 0 Å². The van der Waals surface area contributed by atoms with E-state index in [0.29, 0.717) is 5.41 Å². The van der Waals surface area contributed by atoms with E-state index in [1.54, 1.807) is 0 Å². The molecule has 1 N–H and O–H groups in total. The summed E-state index contributed by atoms with van der Waals surface area (Å²) >= 11 is 0. The maximum atomic E-state index is 4.60. The van der Waals surface area contributed by atoms with Crippen LogP contribution in [0, 0.1) is 12.3 Å². The van der Waals surface area contributed by atoms with E-state index in [2.05, 4.69) is 47.0 Å². The molecule has 1 fully saturated rings. The third kappa shape index (κ3) is 3.12. The summed E-state index contributed by atoms with van der Waals surface area (Å²) in [5.74, 6) is 1.81. The zero-order valence-corrected chi connectivity index (χ0v) is 12.0. The molecule has 1 aliphatic rings. The van der Waals surface area contributed by atoms with Crippen LogP contribution in [-0.2, 0) is 0 Å². The molecule has 18 heavy (non-hydrogen) atoms. The van der Waals surface area contributed by atoms with Crippen LogP contribution in [-0.4, -0.2) is 29.6 Å². The molecule has 0 radical (unpaired) electrons. The third-order valence-corrected chi connectivity index (χ3v) is 3.62. The van der Waals surface area contributed by atoms with Crippen LogP contribution in [0.4, 0.5) is 11.8 Å². The van der Waals surface area contributed by atoms with Crippen molar-refractivity contribution < 1.29 is 0 Å². The number of aryl methyl sites for hydroxylation is 1. The standard InChI is InChI=1S/C14H24N4/c1-5-15-13-16-11(2)10-12(17-13)18-8-6-14(3,4)7-9-18/h10H,5-9H2,1-4H3,(H,15,16,17). The molecule has 0 aliphatic carbocycles. The summed E-state index contributed by atoms with van der Waals surface area (Å²) in [5, 5.41) is 3.20. The van der Waals surface area contributed by atoms with Crippen LogP contribution in [0.2, 0.25) is 0 Å². The van der Waals surface area contributed by atoms with Crippen LogP contribution >= 0.6 is 0 Å². The van der Waals surface area contributed by atoms with E-state index in [1.807, 2.05) is 6.92 Å². The van der Waals surface area contributed by atoms with Crippen LogP contribution in [0.5, 0.6) is 0 Å². The van der Waals surface area contributed by atoms with Crippen molar-refractivity contribution in [3.8, 4) is 0 Å². The lowest BCUT2D eigenvalue weighted by Gasteiger charge is -2.37. The molecule has 2 heterocycles. The maximum absolute atomic E-state index is 4.60. The molecule has 0 aromatic carbocycles. The number of hydrogen-bond donors (Lipinski definition) is 1. The molecule has 100 valence electrons. The van der Waals surface area contributed by atoms with Gasteiger partial charge in [0, 0.05) is 31.4 Å². The van der Waals surface area contributed by atoms with E-state index in [1.165, 1.54) is 12.8 Å². The first-order chi connectivity index (χ1) is 8.50. The predicted octanol–water partition coefficient (Wildman–Crippen LogP) is 2.84. The third-order valence-electron chi connectivity index (χ3n) is 3.62. The summed E-state index contributed by atoms with van der Waals surface area (Å²) in [6.07, 6.45) is 2.46. The Morgan fingerprint density at radius 2 is 1.94 bits per heavy atom. The van der Waals surface area contributed by atoms with Gasteiger partial charge in [0.05, 0.1) is 0 Å². The Bertz CT molecular complexity index is 404. The summed E-state index contributed by atoms with van der Waals surface area (Å²) in [7, 11) is 0. The van der Waals surface area contributed by atoms with Crippen molar-refractivity contribution in [2.45, 2.75) is 40.5 Å². The number of piperidine rings is 1. The first-order valence-corrected chi connectivity index (χ1v) is 6.85. The first-order valence-electron chi connectivity index (χ1n) is 6.85. The van der Waals surface area contributed by atoms with Gasteiger partial charge in [0.2, 0.25) is 5.95 Å². The average Bonchev–Trinajstić information content (AvgIpc) is 2.28. The van der Waals surface area contributed by atoms with Gasteiger partial charge in [-0.25, -0.2) is 4.98 Å². The number of anilines is 2. The molecule has 0 atom stereocenters. The summed E-state index contributed by atoms with van der Waals surface area (Å²) in [6.45, 7) is 11.8. The first kappa shape index (κ1) is 13.1. The van der Waals surface area contributed by atoms with Crippen molar-refractivity contribution in [3.05, 3.63) is 11.8 Å². The molecule has 1 aromatic rings. The molecule has 1 saturated heterocycles. The molecular weight excluding hydrogens is 224 g/mol. The van der Waals surface area contributed by atoms with Gasteiger partial charge in [-0.05, 0) is 32.1 Å². The number of nitrogens with one attached hydrogen (secondary N) is 1. The van der Waals surface area contributed by atoms with Gasteiger partial charge >= 0.3 is 0 Å². The Kier molecular flexibility index (Phi) is 3.73. The second-order valence-electron chi connectivity index (χ2n) is 5.87. The van der Waals surface area contributed by atoms with Gasteiger partial charge in [-0.15, -0.1) is 0 Å². The summed E-state index contributed by atoms with van der Waals surface area (Å²) in [4.78, 5) is 11.4. The van der Waals surface area contributed by atoms with Crippen molar-refractivity contribution in [1.82, 2.24) is 9.97 Å². The van der Waals surface area contributed by atoms with Crippen LogP contribution in [0.15, 0.2) is 6.07 Å². The average molecular weight is 248 g/mol. The minimum Gasteiger partial charge on any atom is -0.356 e. The fraction of sp³-hybridized carbons (Fsp3) is 0.714. The van der Waals surface area contributed by atoms with Gasteiger partial charge in [-0.2, -0.15) is 4.98 Å². The molecule has 4 heteroatoms. The molecule has 0 unspecified atom stereocenters. The van der Waals surface area contributed by atoms with Gasteiger partial charge in [0.1, 0.15) is 5.82 Å². The summed E-state index contributed by atoms with van der Waals surface area (Å²) in [6, 6.07) is 2.08. The number of nitrogens with zero attached hydrogens (tertiary/aromatic N) is 3. The minimum atomic E-state index is 0.475. The van der Waals surface area contributed by atoms with Gasteiger partial charge < -0.3 is 10.2 Å². The van der Waals surface area contributed by atoms with E-state index in [-0.39, 0.29) is 0 Å². The molecule has 0 bridgehead atoms. The van der Waals surface area contributed by atoms with Crippen molar-refractivity contribution >= 4 is 11.8 Å². The lowest BCUT2D eigenvalue weighted by Crippen LogP contribution is -2.37. The van der Waals surface area contributed by atoms with E-state index in [9.17, 15) is 0 Å². The summed E-state index contributed by atoms with van der Waals surface area (Å²) < 4.78 is 0. The van der Waals surface area contributed by atoms with Crippen LogP contribution < -0.4 is 10.2 Å². The molecule has 0 saturated carbocycles. The van der Waals surface area contributed by atoms with E-state index < -0.39 is 0 Å². The topological polar surface area (TPSA) is 41.1 Å². The molecule has 2 rings (SSSR count). The van der Waals surface area contributed by atoms with Crippen molar-refractivity contribution in [3.63, 3.8) is 0 Å². The highest BCUT2D eigenvalue weighted by Gasteiger charge is 2.26. The van der Waals surface area contributed by atoms with Crippen LogP contribution in [0.25, 0.3) is 0 Å². The van der Waals surface area contributed by atoms with Crippen molar-refractivity contribution in [1.29, 1.82) is 0 Å². The van der Waals surface area contributed by atoms with E-state index in [4.69, 9.17) is 0 Å². The monoisotopic (exact) mass is 248 g/mol. The maximum Gasteiger partial charge on any atom is 0.224 e. The number of hydrogen-bond acceptors (Lipinski definition) is 4. The minimum absolute atomic E-state index is 0.475. The van der Waals surface area contributed by atoms with E-state index >= 15 is 0 Å². The highest BCUT2D eigenvalue weighted by molar-refractivity contribution is 5.45. The lowest BCUT2D eigenvalue weighted by atomic mass is 9.83. The fourth-order valence-electron chi connectivity index (χ4n) is 2.29. The molecule has 1 aliphatic heterocycles. The van der Waals surface area contributed by atoms with Gasteiger partial charge in [0.25, 0.3) is 0 Å². The molecule has 0 spiro atoms. The SMILES string of the molecule is CCNc1nc(C)cc(N2CCC(C)(C)CC2)n1. The Morgan fingerprint density at radius 3 is 2.56 bits per heavy atom. The predicted molar refractivity (Wildman–Crippen MR) is 76.2 cm³/mol. The Morgan fingerprint density at radius 1 is 1.28 bits per heavy atom. The Balaban J connectivity index is 2.13. The molecule has 0 amide bonds.